The Hall–Kier alpha value is -2.51. The fraction of sp³-hybridized carbons (Fsp3) is 0.125. The number of nitrogens with zero attached hydrogens (tertiary/aromatic N) is 1. The number of ether oxygens (including phenoxy) is 2. The lowest BCUT2D eigenvalue weighted by Gasteiger charge is -2.17. The summed E-state index contributed by atoms with van der Waals surface area (Å²) in [4.78, 5) is 16.5. The number of anilines is 2. The van der Waals surface area contributed by atoms with Crippen LogP contribution in [0.5, 0.6) is 11.5 Å². The van der Waals surface area contributed by atoms with Gasteiger partial charge in [0.05, 0.1) is 10.2 Å². The molecule has 0 fully saturated rings. The van der Waals surface area contributed by atoms with E-state index in [0.717, 1.165) is 10.2 Å². The Kier molecular flexibility index (Phi) is 3.87. The Labute approximate surface area is 146 Å². The number of urea groups is 1. The van der Waals surface area contributed by atoms with Crippen molar-refractivity contribution in [3.63, 3.8) is 0 Å². The summed E-state index contributed by atoms with van der Waals surface area (Å²) in [7, 11) is 0. The molecule has 2 aromatic carbocycles. The molecule has 1 aliphatic rings. The molecule has 0 saturated heterocycles. The fourth-order valence-electron chi connectivity index (χ4n) is 2.31. The summed E-state index contributed by atoms with van der Waals surface area (Å²) in [5.41, 5.74) is 1.40. The van der Waals surface area contributed by atoms with E-state index >= 15 is 0 Å². The highest BCUT2D eigenvalue weighted by Gasteiger charge is 2.16. The minimum Gasteiger partial charge on any atom is -0.486 e. The molecule has 122 valence electrons. The predicted octanol–water partition coefficient (Wildman–Crippen LogP) is 4.36. The molecule has 2 heterocycles. The van der Waals surface area contributed by atoms with Gasteiger partial charge in [-0.05, 0) is 24.3 Å². The summed E-state index contributed by atoms with van der Waals surface area (Å²) >= 11 is 7.19. The van der Waals surface area contributed by atoms with Gasteiger partial charge in [-0.3, -0.25) is 5.32 Å². The highest BCUT2D eigenvalue weighted by Crippen LogP contribution is 2.37. The van der Waals surface area contributed by atoms with Crippen LogP contribution < -0.4 is 20.1 Å². The van der Waals surface area contributed by atoms with Crippen molar-refractivity contribution >= 4 is 50.0 Å². The van der Waals surface area contributed by atoms with Crippen molar-refractivity contribution < 1.29 is 14.3 Å². The lowest BCUT2D eigenvalue weighted by Crippen LogP contribution is -2.19. The highest BCUT2D eigenvalue weighted by molar-refractivity contribution is 7.22. The zero-order valence-electron chi connectivity index (χ0n) is 12.3. The quantitative estimate of drug-likeness (QED) is 0.711. The molecule has 8 heteroatoms. The Bertz CT molecular complexity index is 868. The van der Waals surface area contributed by atoms with E-state index in [1.165, 1.54) is 11.3 Å². The zero-order chi connectivity index (χ0) is 16.5. The van der Waals surface area contributed by atoms with Gasteiger partial charge >= 0.3 is 6.03 Å². The van der Waals surface area contributed by atoms with Crippen LogP contribution in [-0.2, 0) is 0 Å². The SMILES string of the molecule is O=C(Nc1ccc(Cl)cc1)Nc1nc2cc3c(cc2s1)OCCO3. The molecule has 0 spiro atoms. The van der Waals surface area contributed by atoms with Crippen molar-refractivity contribution in [2.75, 3.05) is 23.8 Å². The van der Waals surface area contributed by atoms with Gasteiger partial charge in [0.1, 0.15) is 13.2 Å². The van der Waals surface area contributed by atoms with Crippen LogP contribution in [0.15, 0.2) is 36.4 Å². The maximum atomic E-state index is 12.1. The number of fused-ring (bicyclic) bond motifs is 2. The minimum absolute atomic E-state index is 0.367. The number of thiazole rings is 1. The van der Waals surface area contributed by atoms with E-state index in [9.17, 15) is 4.79 Å². The lowest BCUT2D eigenvalue weighted by atomic mass is 10.3. The molecule has 0 saturated carbocycles. The smallest absolute Gasteiger partial charge is 0.325 e. The summed E-state index contributed by atoms with van der Waals surface area (Å²) in [5, 5.41) is 6.56. The predicted molar refractivity (Wildman–Crippen MR) is 94.7 cm³/mol. The van der Waals surface area contributed by atoms with Gasteiger partial charge in [-0.1, -0.05) is 22.9 Å². The first-order valence-corrected chi connectivity index (χ1v) is 8.40. The Morgan fingerprint density at radius 1 is 1.08 bits per heavy atom. The summed E-state index contributed by atoms with van der Waals surface area (Å²) in [6, 6.07) is 10.2. The third kappa shape index (κ3) is 3.08. The Morgan fingerprint density at radius 2 is 1.79 bits per heavy atom. The van der Waals surface area contributed by atoms with E-state index < -0.39 is 0 Å². The van der Waals surface area contributed by atoms with Crippen LogP contribution in [0.1, 0.15) is 0 Å². The van der Waals surface area contributed by atoms with E-state index in [2.05, 4.69) is 15.6 Å². The number of aromatic nitrogens is 1. The van der Waals surface area contributed by atoms with Crippen LogP contribution in [0.25, 0.3) is 10.2 Å². The van der Waals surface area contributed by atoms with E-state index in [0.29, 0.717) is 40.6 Å². The standard InChI is InChI=1S/C16H12ClN3O3S/c17-9-1-3-10(4-2-9)18-15(21)20-16-19-11-7-12-13(8-14(11)24-16)23-6-5-22-12/h1-4,7-8H,5-6H2,(H2,18,19,20,21). The van der Waals surface area contributed by atoms with Gasteiger partial charge in [0.2, 0.25) is 0 Å². The van der Waals surface area contributed by atoms with Crippen molar-refractivity contribution in [3.05, 3.63) is 41.4 Å². The van der Waals surface area contributed by atoms with Gasteiger partial charge in [-0.2, -0.15) is 0 Å². The second-order valence-electron chi connectivity index (χ2n) is 5.07. The first kappa shape index (κ1) is 15.0. The van der Waals surface area contributed by atoms with Gasteiger partial charge < -0.3 is 14.8 Å². The van der Waals surface area contributed by atoms with Crippen LogP contribution in [0, 0.1) is 0 Å². The van der Waals surface area contributed by atoms with Gasteiger partial charge in [0.15, 0.2) is 16.6 Å². The first-order chi connectivity index (χ1) is 11.7. The summed E-state index contributed by atoms with van der Waals surface area (Å²) < 4.78 is 12.0. The second-order valence-corrected chi connectivity index (χ2v) is 6.54. The number of amides is 2. The van der Waals surface area contributed by atoms with Crippen LogP contribution in [0.3, 0.4) is 0 Å². The van der Waals surface area contributed by atoms with Crippen molar-refractivity contribution in [3.8, 4) is 11.5 Å². The zero-order valence-corrected chi connectivity index (χ0v) is 13.9. The Balaban J connectivity index is 1.51. The number of benzene rings is 2. The normalized spacial score (nSPS) is 12.9. The molecule has 1 aromatic heterocycles. The number of carbonyl (C=O) groups is 1. The molecule has 0 aliphatic carbocycles. The molecule has 0 atom stereocenters. The van der Waals surface area contributed by atoms with Gasteiger partial charge in [-0.15, -0.1) is 0 Å². The maximum absolute atomic E-state index is 12.1. The van der Waals surface area contributed by atoms with Crippen LogP contribution in [0.4, 0.5) is 15.6 Å². The molecule has 24 heavy (non-hydrogen) atoms. The molecule has 0 bridgehead atoms. The minimum atomic E-state index is -0.367. The molecule has 4 rings (SSSR count). The average molecular weight is 362 g/mol. The Morgan fingerprint density at radius 3 is 2.54 bits per heavy atom. The first-order valence-electron chi connectivity index (χ1n) is 7.21. The van der Waals surface area contributed by atoms with E-state index in [1.54, 1.807) is 24.3 Å². The third-order valence-corrected chi connectivity index (χ3v) is 4.56. The second kappa shape index (κ2) is 6.18. The van der Waals surface area contributed by atoms with Crippen molar-refractivity contribution in [1.82, 2.24) is 4.98 Å². The van der Waals surface area contributed by atoms with Crippen LogP contribution in [-0.4, -0.2) is 24.2 Å². The van der Waals surface area contributed by atoms with Gasteiger partial charge in [-0.25, -0.2) is 9.78 Å². The number of nitrogens with one attached hydrogen (secondary N) is 2. The number of hydrogen-bond acceptors (Lipinski definition) is 5. The van der Waals surface area contributed by atoms with Crippen LogP contribution in [0.2, 0.25) is 5.02 Å². The molecule has 6 nitrogen and oxygen atoms in total. The third-order valence-electron chi connectivity index (χ3n) is 3.37. The van der Waals surface area contributed by atoms with Crippen molar-refractivity contribution in [2.45, 2.75) is 0 Å². The van der Waals surface area contributed by atoms with Crippen LogP contribution >= 0.6 is 22.9 Å². The van der Waals surface area contributed by atoms with E-state index in [-0.39, 0.29) is 6.03 Å². The average Bonchev–Trinajstić information content (AvgIpc) is 2.95. The summed E-state index contributed by atoms with van der Waals surface area (Å²) in [5.74, 6) is 1.38. The molecule has 3 aromatic rings. The number of rotatable bonds is 2. The summed E-state index contributed by atoms with van der Waals surface area (Å²) in [6.07, 6.45) is 0. The fourth-order valence-corrected chi connectivity index (χ4v) is 3.31. The van der Waals surface area contributed by atoms with E-state index in [4.69, 9.17) is 21.1 Å². The molecule has 0 radical (unpaired) electrons. The molecular weight excluding hydrogens is 350 g/mol. The van der Waals surface area contributed by atoms with E-state index in [1.807, 2.05) is 12.1 Å². The summed E-state index contributed by atoms with van der Waals surface area (Å²) in [6.45, 7) is 1.06. The highest BCUT2D eigenvalue weighted by atomic mass is 35.5. The molecule has 2 amide bonds. The van der Waals surface area contributed by atoms with Gasteiger partial charge in [0.25, 0.3) is 0 Å². The monoisotopic (exact) mass is 361 g/mol. The molecule has 0 unspecified atom stereocenters. The number of hydrogen-bond donors (Lipinski definition) is 2. The maximum Gasteiger partial charge on any atom is 0.325 e. The lowest BCUT2D eigenvalue weighted by molar-refractivity contribution is 0.172. The molecule has 2 N–H and O–H groups in total. The molecule has 1 aliphatic heterocycles. The largest absolute Gasteiger partial charge is 0.486 e. The van der Waals surface area contributed by atoms with Crippen molar-refractivity contribution in [2.24, 2.45) is 0 Å². The molecular formula is C16H12ClN3O3S. The number of carbonyl (C=O) groups excluding carboxylic acids is 1. The topological polar surface area (TPSA) is 72.5 Å². The van der Waals surface area contributed by atoms with Gasteiger partial charge in [0, 0.05) is 22.8 Å². The number of halogens is 1. The van der Waals surface area contributed by atoms with Crippen molar-refractivity contribution in [1.29, 1.82) is 0 Å².